The molecule has 0 fully saturated rings. The SMILES string of the molecule is CC=C(CC)CNC. The molecule has 0 aliphatic carbocycles. The highest BCUT2D eigenvalue weighted by Crippen LogP contribution is 1.95. The van der Waals surface area contributed by atoms with Gasteiger partial charge in [0.05, 0.1) is 0 Å². The maximum atomic E-state index is 3.10. The van der Waals surface area contributed by atoms with Crippen molar-refractivity contribution in [2.75, 3.05) is 13.6 Å². The summed E-state index contributed by atoms with van der Waals surface area (Å²) in [6.45, 7) is 5.29. The summed E-state index contributed by atoms with van der Waals surface area (Å²) in [6, 6.07) is 0. The maximum Gasteiger partial charge on any atom is 0.0161 e. The predicted octanol–water partition coefficient (Wildman–Crippen LogP) is 1.56. The molecule has 0 aromatic heterocycles. The molecule has 8 heavy (non-hydrogen) atoms. The molecule has 0 aromatic rings. The normalized spacial score (nSPS) is 12.1. The van der Waals surface area contributed by atoms with Crippen molar-refractivity contribution in [3.8, 4) is 0 Å². The fourth-order valence-electron chi connectivity index (χ4n) is 0.658. The zero-order chi connectivity index (χ0) is 6.41. The first-order valence-electron chi connectivity index (χ1n) is 3.13. The third-order valence-corrected chi connectivity index (χ3v) is 1.27. The largest absolute Gasteiger partial charge is 0.316 e. The first-order chi connectivity index (χ1) is 3.85. The van der Waals surface area contributed by atoms with Crippen molar-refractivity contribution in [3.63, 3.8) is 0 Å². The molecule has 0 bridgehead atoms. The summed E-state index contributed by atoms with van der Waals surface area (Å²) < 4.78 is 0. The van der Waals surface area contributed by atoms with E-state index in [4.69, 9.17) is 0 Å². The van der Waals surface area contributed by atoms with Crippen molar-refractivity contribution >= 4 is 0 Å². The summed E-state index contributed by atoms with van der Waals surface area (Å²) in [7, 11) is 1.97. The number of allylic oxidation sites excluding steroid dienone is 1. The van der Waals surface area contributed by atoms with Crippen molar-refractivity contribution in [1.29, 1.82) is 0 Å². The smallest absolute Gasteiger partial charge is 0.0161 e. The Labute approximate surface area is 51.8 Å². The molecule has 0 amide bonds. The lowest BCUT2D eigenvalue weighted by molar-refractivity contribution is 0.843. The van der Waals surface area contributed by atoms with Crippen LogP contribution in [0, 0.1) is 0 Å². The second kappa shape index (κ2) is 4.85. The quantitative estimate of drug-likeness (QED) is 0.548. The molecule has 0 aliphatic rings. The predicted molar refractivity (Wildman–Crippen MR) is 38.0 cm³/mol. The first kappa shape index (κ1) is 7.70. The van der Waals surface area contributed by atoms with E-state index >= 15 is 0 Å². The van der Waals surface area contributed by atoms with Gasteiger partial charge in [-0.25, -0.2) is 0 Å². The van der Waals surface area contributed by atoms with E-state index in [9.17, 15) is 0 Å². The summed E-state index contributed by atoms with van der Waals surface area (Å²) in [5.41, 5.74) is 1.48. The van der Waals surface area contributed by atoms with Crippen LogP contribution < -0.4 is 5.32 Å². The fraction of sp³-hybridized carbons (Fsp3) is 0.714. The highest BCUT2D eigenvalue weighted by Gasteiger charge is 1.85. The molecule has 0 atom stereocenters. The Bertz CT molecular complexity index is 74.5. The van der Waals surface area contributed by atoms with Crippen LogP contribution in [0.1, 0.15) is 20.3 Å². The van der Waals surface area contributed by atoms with E-state index in [1.54, 1.807) is 0 Å². The molecule has 0 saturated heterocycles. The summed E-state index contributed by atoms with van der Waals surface area (Å²) in [5, 5.41) is 3.10. The van der Waals surface area contributed by atoms with Gasteiger partial charge >= 0.3 is 0 Å². The van der Waals surface area contributed by atoms with Crippen LogP contribution in [0.5, 0.6) is 0 Å². The van der Waals surface area contributed by atoms with Gasteiger partial charge in [0.25, 0.3) is 0 Å². The molecule has 0 radical (unpaired) electrons. The number of likely N-dealkylation sites (N-methyl/N-ethyl adjacent to an activating group) is 1. The Morgan fingerprint density at radius 3 is 2.38 bits per heavy atom. The number of rotatable bonds is 3. The fourth-order valence-corrected chi connectivity index (χ4v) is 0.658. The Balaban J connectivity index is 3.38. The lowest BCUT2D eigenvalue weighted by Gasteiger charge is -1.99. The van der Waals surface area contributed by atoms with Gasteiger partial charge in [-0.15, -0.1) is 0 Å². The lowest BCUT2D eigenvalue weighted by Crippen LogP contribution is -2.09. The standard InChI is InChI=1S/C7H15N/c1-4-7(5-2)6-8-3/h4,8H,5-6H2,1-3H3. The van der Waals surface area contributed by atoms with Gasteiger partial charge in [0, 0.05) is 6.54 Å². The molecule has 1 heteroatoms. The molecule has 1 nitrogen and oxygen atoms in total. The first-order valence-corrected chi connectivity index (χ1v) is 3.13. The second-order valence-electron chi connectivity index (χ2n) is 1.83. The lowest BCUT2D eigenvalue weighted by atomic mass is 10.2. The third-order valence-electron chi connectivity index (χ3n) is 1.27. The monoisotopic (exact) mass is 113 g/mol. The van der Waals surface area contributed by atoms with E-state index in [1.807, 2.05) is 7.05 Å². The molecule has 0 spiro atoms. The van der Waals surface area contributed by atoms with Crippen LogP contribution in [0.15, 0.2) is 11.6 Å². The van der Waals surface area contributed by atoms with Gasteiger partial charge in [0.15, 0.2) is 0 Å². The van der Waals surface area contributed by atoms with Gasteiger partial charge in [-0.1, -0.05) is 18.6 Å². The topological polar surface area (TPSA) is 12.0 Å². The summed E-state index contributed by atoms with van der Waals surface area (Å²) in [4.78, 5) is 0. The molecule has 0 aromatic carbocycles. The molecule has 0 aliphatic heterocycles. The Kier molecular flexibility index (Phi) is 4.67. The molecule has 0 heterocycles. The highest BCUT2D eigenvalue weighted by atomic mass is 14.8. The van der Waals surface area contributed by atoms with Gasteiger partial charge < -0.3 is 5.32 Å². The highest BCUT2D eigenvalue weighted by molar-refractivity contribution is 5.00. The minimum absolute atomic E-state index is 1.03. The average molecular weight is 113 g/mol. The van der Waals surface area contributed by atoms with Crippen molar-refractivity contribution in [2.45, 2.75) is 20.3 Å². The van der Waals surface area contributed by atoms with E-state index in [0.717, 1.165) is 13.0 Å². The van der Waals surface area contributed by atoms with Gasteiger partial charge in [-0.3, -0.25) is 0 Å². The molecule has 0 saturated carbocycles. The molecular weight excluding hydrogens is 98.1 g/mol. The van der Waals surface area contributed by atoms with Crippen LogP contribution in [-0.2, 0) is 0 Å². The van der Waals surface area contributed by atoms with Crippen molar-refractivity contribution < 1.29 is 0 Å². The molecule has 1 N–H and O–H groups in total. The minimum atomic E-state index is 1.03. The van der Waals surface area contributed by atoms with Crippen LogP contribution >= 0.6 is 0 Å². The van der Waals surface area contributed by atoms with Crippen LogP contribution in [-0.4, -0.2) is 13.6 Å². The Morgan fingerprint density at radius 2 is 2.25 bits per heavy atom. The van der Waals surface area contributed by atoms with Crippen LogP contribution in [0.25, 0.3) is 0 Å². The van der Waals surface area contributed by atoms with Crippen LogP contribution in [0.4, 0.5) is 0 Å². The number of hydrogen-bond donors (Lipinski definition) is 1. The summed E-state index contributed by atoms with van der Waals surface area (Å²) in [5.74, 6) is 0. The van der Waals surface area contributed by atoms with E-state index in [2.05, 4.69) is 25.2 Å². The molecule has 0 unspecified atom stereocenters. The number of hydrogen-bond acceptors (Lipinski definition) is 1. The summed E-state index contributed by atoms with van der Waals surface area (Å²) >= 11 is 0. The molecule has 0 rings (SSSR count). The third kappa shape index (κ3) is 2.80. The van der Waals surface area contributed by atoms with Gasteiger partial charge in [0.2, 0.25) is 0 Å². The van der Waals surface area contributed by atoms with E-state index < -0.39 is 0 Å². The van der Waals surface area contributed by atoms with Crippen molar-refractivity contribution in [2.24, 2.45) is 0 Å². The van der Waals surface area contributed by atoms with Crippen LogP contribution in [0.2, 0.25) is 0 Å². The van der Waals surface area contributed by atoms with Crippen molar-refractivity contribution in [3.05, 3.63) is 11.6 Å². The van der Waals surface area contributed by atoms with E-state index in [1.165, 1.54) is 5.57 Å². The Hall–Kier alpha value is -0.300. The van der Waals surface area contributed by atoms with E-state index in [0.29, 0.717) is 0 Å². The van der Waals surface area contributed by atoms with Gasteiger partial charge in [-0.2, -0.15) is 0 Å². The second-order valence-corrected chi connectivity index (χ2v) is 1.83. The van der Waals surface area contributed by atoms with Gasteiger partial charge in [-0.05, 0) is 20.4 Å². The zero-order valence-corrected chi connectivity index (χ0v) is 5.99. The maximum absolute atomic E-state index is 3.10. The molecule has 48 valence electrons. The average Bonchev–Trinajstić information content (AvgIpc) is 1.83. The minimum Gasteiger partial charge on any atom is -0.316 e. The van der Waals surface area contributed by atoms with E-state index in [-0.39, 0.29) is 0 Å². The van der Waals surface area contributed by atoms with Crippen LogP contribution in [0.3, 0.4) is 0 Å². The number of nitrogens with one attached hydrogen (secondary N) is 1. The Morgan fingerprint density at radius 1 is 1.62 bits per heavy atom. The summed E-state index contributed by atoms with van der Waals surface area (Å²) in [6.07, 6.45) is 3.33. The van der Waals surface area contributed by atoms with Crippen molar-refractivity contribution in [1.82, 2.24) is 5.32 Å². The molecular formula is C7H15N. The van der Waals surface area contributed by atoms with Gasteiger partial charge in [0.1, 0.15) is 0 Å². The zero-order valence-electron chi connectivity index (χ0n) is 5.99.